The highest BCUT2D eigenvalue weighted by molar-refractivity contribution is 5.92. The Kier molecular flexibility index (Phi) is 9.50. The number of ether oxygens (including phenoxy) is 3. The summed E-state index contributed by atoms with van der Waals surface area (Å²) in [5.41, 5.74) is 0.108. The third-order valence-electron chi connectivity index (χ3n) is 6.36. The largest absolute Gasteiger partial charge is 0.481 e. The van der Waals surface area contributed by atoms with Gasteiger partial charge in [0, 0.05) is 13.1 Å². The van der Waals surface area contributed by atoms with Gasteiger partial charge < -0.3 is 24.2 Å². The zero-order valence-electron chi connectivity index (χ0n) is 22.2. The monoisotopic (exact) mass is 525 g/mol. The number of carboxylic acid groups (broad SMARTS) is 1. The lowest BCUT2D eigenvalue weighted by atomic mass is 9.64. The predicted molar refractivity (Wildman–Crippen MR) is 138 cm³/mol. The molecule has 2 aromatic carbocycles. The molecule has 3 rings (SSSR count). The minimum Gasteiger partial charge on any atom is -0.481 e. The molecule has 2 aromatic rings. The highest BCUT2D eigenvalue weighted by atomic mass is 16.7. The molecule has 1 aliphatic rings. The van der Waals surface area contributed by atoms with Crippen LogP contribution in [-0.2, 0) is 35.2 Å². The average molecular weight is 526 g/mol. The second-order valence-electron chi connectivity index (χ2n) is 10.4. The molecular formula is C29H35NO8. The van der Waals surface area contributed by atoms with Crippen molar-refractivity contribution in [2.24, 2.45) is 23.2 Å². The molecule has 0 heterocycles. The van der Waals surface area contributed by atoms with Crippen molar-refractivity contribution in [3.05, 3.63) is 60.2 Å². The first kappa shape index (κ1) is 28.7. The van der Waals surface area contributed by atoms with Crippen LogP contribution in [0.15, 0.2) is 54.6 Å². The van der Waals surface area contributed by atoms with Crippen LogP contribution in [0.25, 0.3) is 0 Å². The minimum atomic E-state index is -1.23. The standard InChI is InChI=1S/C29H35NO8/c1-5-15-30(17-19-11-13-21(14-12-19)38-20-9-7-6-8-10-20)25(31)22-16-23(24(22)26(32)33)27(34)36-18-37-28(35)29(2,3)4/h6-14,22-24H,5,15-18H2,1-4H3,(H,32,33). The van der Waals surface area contributed by atoms with E-state index in [9.17, 15) is 24.3 Å². The molecule has 9 heteroatoms. The lowest BCUT2D eigenvalue weighted by Gasteiger charge is -2.41. The van der Waals surface area contributed by atoms with Crippen LogP contribution in [0.2, 0.25) is 0 Å². The van der Waals surface area contributed by atoms with Crippen molar-refractivity contribution in [3.8, 4) is 11.5 Å². The molecule has 1 N–H and O–H groups in total. The van der Waals surface area contributed by atoms with Crippen LogP contribution < -0.4 is 4.74 Å². The molecule has 3 unspecified atom stereocenters. The van der Waals surface area contributed by atoms with E-state index in [1.165, 1.54) is 0 Å². The van der Waals surface area contributed by atoms with Gasteiger partial charge in [0.2, 0.25) is 12.7 Å². The number of carbonyl (C=O) groups is 4. The van der Waals surface area contributed by atoms with Crippen molar-refractivity contribution in [3.63, 3.8) is 0 Å². The van der Waals surface area contributed by atoms with Crippen molar-refractivity contribution < 1.29 is 38.5 Å². The molecule has 0 saturated heterocycles. The van der Waals surface area contributed by atoms with Gasteiger partial charge in [-0.05, 0) is 63.4 Å². The van der Waals surface area contributed by atoms with Gasteiger partial charge in [-0.15, -0.1) is 0 Å². The maximum atomic E-state index is 13.3. The summed E-state index contributed by atoms with van der Waals surface area (Å²) in [6.07, 6.45) is 0.752. The maximum Gasteiger partial charge on any atom is 0.314 e. The second kappa shape index (κ2) is 12.6. The summed E-state index contributed by atoms with van der Waals surface area (Å²) in [7, 11) is 0. The summed E-state index contributed by atoms with van der Waals surface area (Å²) < 4.78 is 15.7. The van der Waals surface area contributed by atoms with Gasteiger partial charge in [0.1, 0.15) is 11.5 Å². The number of para-hydroxylation sites is 1. The molecule has 204 valence electrons. The van der Waals surface area contributed by atoms with Gasteiger partial charge in [0.25, 0.3) is 0 Å². The fourth-order valence-electron chi connectivity index (χ4n) is 4.24. The fraction of sp³-hybridized carbons (Fsp3) is 0.448. The minimum absolute atomic E-state index is 0.0614. The van der Waals surface area contributed by atoms with Crippen LogP contribution in [-0.4, -0.2) is 47.2 Å². The lowest BCUT2D eigenvalue weighted by Crippen LogP contribution is -2.54. The normalized spacial score (nSPS) is 18.6. The van der Waals surface area contributed by atoms with Gasteiger partial charge in [-0.2, -0.15) is 0 Å². The summed E-state index contributed by atoms with van der Waals surface area (Å²) >= 11 is 0. The third kappa shape index (κ3) is 7.34. The Hall–Kier alpha value is -3.88. The van der Waals surface area contributed by atoms with Crippen LogP contribution in [0, 0.1) is 23.2 Å². The smallest absolute Gasteiger partial charge is 0.314 e. The van der Waals surface area contributed by atoms with Crippen LogP contribution in [0.4, 0.5) is 0 Å². The molecule has 0 radical (unpaired) electrons. The van der Waals surface area contributed by atoms with Crippen molar-refractivity contribution >= 4 is 23.8 Å². The number of carboxylic acids is 1. The fourth-order valence-corrected chi connectivity index (χ4v) is 4.24. The van der Waals surface area contributed by atoms with Gasteiger partial charge in [0.05, 0.1) is 23.2 Å². The van der Waals surface area contributed by atoms with Crippen LogP contribution >= 0.6 is 0 Å². The molecule has 1 aliphatic carbocycles. The van der Waals surface area contributed by atoms with E-state index < -0.39 is 47.9 Å². The first-order valence-corrected chi connectivity index (χ1v) is 12.7. The first-order valence-electron chi connectivity index (χ1n) is 12.7. The van der Waals surface area contributed by atoms with Crippen LogP contribution in [0.1, 0.15) is 46.1 Å². The van der Waals surface area contributed by atoms with E-state index in [0.717, 1.165) is 5.56 Å². The van der Waals surface area contributed by atoms with E-state index >= 15 is 0 Å². The molecule has 0 aromatic heterocycles. The number of nitrogens with zero attached hydrogens (tertiary/aromatic N) is 1. The summed E-state index contributed by atoms with van der Waals surface area (Å²) in [5.74, 6) is -4.53. The summed E-state index contributed by atoms with van der Waals surface area (Å²) in [6, 6.07) is 16.7. The van der Waals surface area contributed by atoms with Gasteiger partial charge in [0.15, 0.2) is 0 Å². The zero-order valence-corrected chi connectivity index (χ0v) is 22.2. The molecule has 3 atom stereocenters. The average Bonchev–Trinajstić information content (AvgIpc) is 2.84. The number of aliphatic carboxylic acids is 1. The van der Waals surface area contributed by atoms with Crippen molar-refractivity contribution in [2.45, 2.75) is 47.1 Å². The zero-order chi connectivity index (χ0) is 27.9. The van der Waals surface area contributed by atoms with Crippen LogP contribution in [0.3, 0.4) is 0 Å². The number of carbonyl (C=O) groups excluding carboxylic acids is 3. The van der Waals surface area contributed by atoms with E-state index in [1.54, 1.807) is 25.7 Å². The highest BCUT2D eigenvalue weighted by Gasteiger charge is 2.54. The summed E-state index contributed by atoms with van der Waals surface area (Å²) in [4.78, 5) is 51.3. The van der Waals surface area contributed by atoms with E-state index in [1.807, 2.05) is 61.5 Å². The van der Waals surface area contributed by atoms with Crippen molar-refractivity contribution in [1.82, 2.24) is 4.90 Å². The Morgan fingerprint density at radius 1 is 0.921 bits per heavy atom. The predicted octanol–water partition coefficient (Wildman–Crippen LogP) is 4.64. The first-order chi connectivity index (χ1) is 18.0. The molecule has 1 fully saturated rings. The number of esters is 2. The quantitative estimate of drug-likeness (QED) is 0.333. The van der Waals surface area contributed by atoms with E-state index in [0.29, 0.717) is 31.0 Å². The topological polar surface area (TPSA) is 119 Å². The second-order valence-corrected chi connectivity index (χ2v) is 10.4. The molecule has 0 aliphatic heterocycles. The van der Waals surface area contributed by atoms with E-state index in [2.05, 4.69) is 0 Å². The van der Waals surface area contributed by atoms with Gasteiger partial charge in [-0.1, -0.05) is 37.3 Å². The lowest BCUT2D eigenvalue weighted by molar-refractivity contribution is -0.186. The van der Waals surface area contributed by atoms with Gasteiger partial charge in [-0.25, -0.2) is 0 Å². The summed E-state index contributed by atoms with van der Waals surface area (Å²) in [6.45, 7) is 7.08. The van der Waals surface area contributed by atoms with Gasteiger partial charge >= 0.3 is 17.9 Å². The molecule has 0 bridgehead atoms. The third-order valence-corrected chi connectivity index (χ3v) is 6.36. The Labute approximate surface area is 222 Å². The molecule has 1 saturated carbocycles. The molecule has 0 spiro atoms. The highest BCUT2D eigenvalue weighted by Crippen LogP contribution is 2.43. The molecule has 9 nitrogen and oxygen atoms in total. The number of hydrogen-bond acceptors (Lipinski definition) is 7. The molecule has 38 heavy (non-hydrogen) atoms. The van der Waals surface area contributed by atoms with Crippen molar-refractivity contribution in [2.75, 3.05) is 13.3 Å². The Morgan fingerprint density at radius 2 is 1.55 bits per heavy atom. The van der Waals surface area contributed by atoms with Crippen LogP contribution in [0.5, 0.6) is 11.5 Å². The Balaban J connectivity index is 1.60. The number of benzene rings is 2. The number of hydrogen-bond donors (Lipinski definition) is 1. The summed E-state index contributed by atoms with van der Waals surface area (Å²) in [5, 5.41) is 9.77. The Bertz CT molecular complexity index is 1120. The Morgan fingerprint density at radius 3 is 2.13 bits per heavy atom. The van der Waals surface area contributed by atoms with E-state index in [-0.39, 0.29) is 12.3 Å². The number of amides is 1. The van der Waals surface area contributed by atoms with E-state index in [4.69, 9.17) is 14.2 Å². The molecule has 1 amide bonds. The molecular weight excluding hydrogens is 490 g/mol. The van der Waals surface area contributed by atoms with Crippen molar-refractivity contribution in [1.29, 1.82) is 0 Å². The maximum absolute atomic E-state index is 13.3. The van der Waals surface area contributed by atoms with Gasteiger partial charge in [-0.3, -0.25) is 19.2 Å². The number of rotatable bonds is 11. The SMILES string of the molecule is CCCN(Cc1ccc(Oc2ccccc2)cc1)C(=O)C1CC(C(=O)OCOC(=O)C(C)(C)C)C1C(=O)O.